The van der Waals surface area contributed by atoms with Crippen LogP contribution in [0.5, 0.6) is 0 Å². The quantitative estimate of drug-likeness (QED) is 0.802. The van der Waals surface area contributed by atoms with Gasteiger partial charge in [0.1, 0.15) is 5.76 Å². The van der Waals surface area contributed by atoms with Crippen LogP contribution < -0.4 is 0 Å². The number of hydrogen-bond donors (Lipinski definition) is 1. The molecule has 2 saturated carbocycles. The number of rotatable bonds is 6. The van der Waals surface area contributed by atoms with Crippen LogP contribution in [-0.4, -0.2) is 22.6 Å². The van der Waals surface area contributed by atoms with Crippen molar-refractivity contribution in [1.29, 1.82) is 0 Å². The van der Waals surface area contributed by atoms with Crippen LogP contribution in [0, 0.1) is 5.41 Å². The minimum absolute atomic E-state index is 0.205. The minimum atomic E-state index is 0.205. The molecule has 0 spiro atoms. The lowest BCUT2D eigenvalue weighted by Gasteiger charge is -2.23. The average molecular weight is 265 g/mol. The van der Waals surface area contributed by atoms with Crippen molar-refractivity contribution < 1.29 is 9.21 Å². The summed E-state index contributed by atoms with van der Waals surface area (Å²) in [5.74, 6) is 1.99. The lowest BCUT2D eigenvalue weighted by Crippen LogP contribution is -2.34. The van der Waals surface area contributed by atoms with Gasteiger partial charge in [0.05, 0.1) is 12.8 Å². The first kappa shape index (κ1) is 12.2. The van der Waals surface area contributed by atoms with Gasteiger partial charge in [-0.3, -0.25) is 4.79 Å². The smallest absolute Gasteiger partial charge is 0.223 e. The third-order valence-electron chi connectivity index (χ3n) is 4.03. The van der Waals surface area contributed by atoms with Gasteiger partial charge in [0.2, 0.25) is 5.91 Å². The number of furan rings is 1. The highest BCUT2D eigenvalue weighted by atomic mass is 32.1. The van der Waals surface area contributed by atoms with E-state index >= 15 is 0 Å². The van der Waals surface area contributed by atoms with Crippen molar-refractivity contribution in [2.24, 2.45) is 5.41 Å². The molecule has 0 bridgehead atoms. The Balaban J connectivity index is 1.64. The average Bonchev–Trinajstić information content (AvgIpc) is 3.29. The Morgan fingerprint density at radius 1 is 1.50 bits per heavy atom. The van der Waals surface area contributed by atoms with Crippen LogP contribution >= 0.6 is 12.6 Å². The molecule has 0 saturated heterocycles. The van der Waals surface area contributed by atoms with Crippen LogP contribution in [0.25, 0.3) is 0 Å². The Bertz CT molecular complexity index is 421. The van der Waals surface area contributed by atoms with Gasteiger partial charge >= 0.3 is 0 Å². The van der Waals surface area contributed by atoms with E-state index < -0.39 is 0 Å². The summed E-state index contributed by atoms with van der Waals surface area (Å²) >= 11 is 4.37. The van der Waals surface area contributed by atoms with Crippen LogP contribution in [0.1, 0.15) is 37.9 Å². The van der Waals surface area contributed by atoms with Crippen molar-refractivity contribution in [2.75, 3.05) is 5.75 Å². The van der Waals surface area contributed by atoms with E-state index in [0.717, 1.165) is 37.2 Å². The van der Waals surface area contributed by atoms with Crippen molar-refractivity contribution in [3.63, 3.8) is 0 Å². The molecule has 3 rings (SSSR count). The first-order chi connectivity index (χ1) is 8.72. The normalized spacial score (nSPS) is 20.7. The van der Waals surface area contributed by atoms with E-state index in [1.165, 1.54) is 0 Å². The van der Waals surface area contributed by atoms with Gasteiger partial charge in [-0.05, 0) is 49.0 Å². The molecule has 1 heterocycles. The number of amides is 1. The highest BCUT2D eigenvalue weighted by Gasteiger charge is 2.45. The van der Waals surface area contributed by atoms with E-state index in [1.54, 1.807) is 6.26 Å². The predicted molar refractivity (Wildman–Crippen MR) is 72.4 cm³/mol. The molecular weight excluding hydrogens is 246 g/mol. The van der Waals surface area contributed by atoms with Gasteiger partial charge in [0.15, 0.2) is 0 Å². The highest BCUT2D eigenvalue weighted by molar-refractivity contribution is 7.80. The fourth-order valence-corrected chi connectivity index (χ4v) is 2.80. The zero-order chi connectivity index (χ0) is 12.6. The molecule has 2 aliphatic rings. The summed E-state index contributed by atoms with van der Waals surface area (Å²) in [6, 6.07) is 4.26. The minimum Gasteiger partial charge on any atom is -0.467 e. The van der Waals surface area contributed by atoms with Gasteiger partial charge in [-0.1, -0.05) is 0 Å². The second kappa shape index (κ2) is 4.65. The second-order valence-corrected chi connectivity index (χ2v) is 5.98. The molecule has 0 aromatic carbocycles. The molecule has 0 N–H and O–H groups in total. The fourth-order valence-electron chi connectivity index (χ4n) is 2.37. The molecule has 1 amide bonds. The van der Waals surface area contributed by atoms with Crippen LogP contribution in [0.3, 0.4) is 0 Å². The first-order valence-corrected chi connectivity index (χ1v) is 7.28. The summed E-state index contributed by atoms with van der Waals surface area (Å²) in [6.45, 7) is 0.624. The molecule has 0 aliphatic heterocycles. The van der Waals surface area contributed by atoms with Gasteiger partial charge in [0, 0.05) is 12.5 Å². The first-order valence-electron chi connectivity index (χ1n) is 6.65. The number of carbonyl (C=O) groups excluding carboxylic acids is 1. The number of nitrogens with zero attached hydrogens (tertiary/aromatic N) is 1. The monoisotopic (exact) mass is 265 g/mol. The zero-order valence-corrected chi connectivity index (χ0v) is 11.4. The van der Waals surface area contributed by atoms with Gasteiger partial charge in [0.25, 0.3) is 0 Å². The zero-order valence-electron chi connectivity index (χ0n) is 10.5. The van der Waals surface area contributed by atoms with E-state index in [-0.39, 0.29) is 11.3 Å². The molecule has 3 nitrogen and oxygen atoms in total. The molecule has 4 heteroatoms. The number of thiol groups is 1. The van der Waals surface area contributed by atoms with E-state index in [2.05, 4.69) is 12.6 Å². The molecule has 0 radical (unpaired) electrons. The van der Waals surface area contributed by atoms with Crippen LogP contribution in [0.15, 0.2) is 22.8 Å². The lowest BCUT2D eigenvalue weighted by molar-refractivity contribution is -0.133. The van der Waals surface area contributed by atoms with E-state index in [9.17, 15) is 4.79 Å². The van der Waals surface area contributed by atoms with Crippen molar-refractivity contribution in [3.8, 4) is 0 Å². The maximum Gasteiger partial charge on any atom is 0.223 e. The highest BCUT2D eigenvalue weighted by Crippen LogP contribution is 2.50. The largest absolute Gasteiger partial charge is 0.467 e. The Hall–Kier alpha value is -0.900. The molecule has 1 aromatic heterocycles. The Morgan fingerprint density at radius 3 is 2.78 bits per heavy atom. The Morgan fingerprint density at radius 2 is 2.28 bits per heavy atom. The van der Waals surface area contributed by atoms with Gasteiger partial charge in [-0.2, -0.15) is 12.6 Å². The SMILES string of the molecule is O=C(CC1(CS)CC1)N(Cc1ccco1)C1CC1. The summed E-state index contributed by atoms with van der Waals surface area (Å²) in [5, 5.41) is 0. The van der Waals surface area contributed by atoms with Crippen LogP contribution in [0.4, 0.5) is 0 Å². The maximum absolute atomic E-state index is 12.4. The van der Waals surface area contributed by atoms with Gasteiger partial charge in [-0.15, -0.1) is 0 Å². The molecule has 0 atom stereocenters. The summed E-state index contributed by atoms with van der Waals surface area (Å²) in [5.41, 5.74) is 0.205. The molecule has 2 fully saturated rings. The second-order valence-electron chi connectivity index (χ2n) is 5.67. The number of carbonyl (C=O) groups is 1. The Labute approximate surface area is 113 Å². The third-order valence-corrected chi connectivity index (χ3v) is 4.70. The van der Waals surface area contributed by atoms with E-state index in [1.807, 2.05) is 17.0 Å². The molecule has 1 aromatic rings. The molecule has 2 aliphatic carbocycles. The van der Waals surface area contributed by atoms with Crippen molar-refractivity contribution in [3.05, 3.63) is 24.2 Å². The van der Waals surface area contributed by atoms with Crippen LogP contribution in [0.2, 0.25) is 0 Å². The van der Waals surface area contributed by atoms with Gasteiger partial charge in [-0.25, -0.2) is 0 Å². The summed E-state index contributed by atoms with van der Waals surface area (Å²) in [7, 11) is 0. The molecule has 0 unspecified atom stereocenters. The van der Waals surface area contributed by atoms with E-state index in [0.29, 0.717) is 19.0 Å². The standard InChI is InChI=1S/C14H19NO2S/c16-13(8-14(10-18)5-6-14)15(11-3-4-11)9-12-2-1-7-17-12/h1-2,7,11,18H,3-6,8-10H2. The predicted octanol–water partition coefficient (Wildman–Crippen LogP) is 2.87. The van der Waals surface area contributed by atoms with Crippen molar-refractivity contribution in [1.82, 2.24) is 4.90 Å². The van der Waals surface area contributed by atoms with Crippen LogP contribution in [-0.2, 0) is 11.3 Å². The lowest BCUT2D eigenvalue weighted by atomic mass is 10.0. The maximum atomic E-state index is 12.4. The van der Waals surface area contributed by atoms with E-state index in [4.69, 9.17) is 4.42 Å². The molecular formula is C14H19NO2S. The summed E-state index contributed by atoms with van der Waals surface area (Å²) < 4.78 is 5.36. The summed E-state index contributed by atoms with van der Waals surface area (Å²) in [6.07, 6.45) is 6.92. The fraction of sp³-hybridized carbons (Fsp3) is 0.643. The van der Waals surface area contributed by atoms with Crippen molar-refractivity contribution >= 4 is 18.5 Å². The molecule has 18 heavy (non-hydrogen) atoms. The molecule has 98 valence electrons. The van der Waals surface area contributed by atoms with Crippen molar-refractivity contribution in [2.45, 2.75) is 44.7 Å². The van der Waals surface area contributed by atoms with Gasteiger partial charge < -0.3 is 9.32 Å². The number of hydrogen-bond acceptors (Lipinski definition) is 3. The third kappa shape index (κ3) is 2.58. The topological polar surface area (TPSA) is 33.5 Å². The Kier molecular flexibility index (Phi) is 3.14. The summed E-state index contributed by atoms with van der Waals surface area (Å²) in [4.78, 5) is 14.4.